The molecule has 2 amide bonds. The van der Waals surface area contributed by atoms with Gasteiger partial charge in [0.1, 0.15) is 5.82 Å². The minimum absolute atomic E-state index is 0. The lowest BCUT2D eigenvalue weighted by Gasteiger charge is -2.08. The first-order valence-electron chi connectivity index (χ1n) is 6.28. The van der Waals surface area contributed by atoms with Crippen LogP contribution in [0.15, 0.2) is 18.3 Å². The molecule has 20 heavy (non-hydrogen) atoms. The van der Waals surface area contributed by atoms with Crippen LogP contribution >= 0.6 is 12.4 Å². The van der Waals surface area contributed by atoms with Crippen molar-refractivity contribution < 1.29 is 9.59 Å². The van der Waals surface area contributed by atoms with E-state index in [1.807, 2.05) is 13.8 Å². The molecule has 0 aliphatic rings. The van der Waals surface area contributed by atoms with E-state index in [1.54, 1.807) is 12.1 Å². The highest BCUT2D eigenvalue weighted by Gasteiger charge is 2.06. The van der Waals surface area contributed by atoms with Gasteiger partial charge in [-0.25, -0.2) is 4.98 Å². The summed E-state index contributed by atoms with van der Waals surface area (Å²) in [5, 5.41) is 5.47. The van der Waals surface area contributed by atoms with Gasteiger partial charge in [0.15, 0.2) is 0 Å². The highest BCUT2D eigenvalue weighted by atomic mass is 35.5. The Morgan fingerprint density at radius 3 is 2.45 bits per heavy atom. The van der Waals surface area contributed by atoms with Crippen LogP contribution in [0.3, 0.4) is 0 Å². The number of nitrogens with two attached hydrogens (primary N) is 1. The van der Waals surface area contributed by atoms with Crippen molar-refractivity contribution in [3.05, 3.63) is 18.3 Å². The van der Waals surface area contributed by atoms with E-state index in [-0.39, 0.29) is 30.3 Å². The van der Waals surface area contributed by atoms with Crippen LogP contribution in [0, 0.1) is 0 Å². The number of halogens is 1. The zero-order chi connectivity index (χ0) is 14.3. The monoisotopic (exact) mass is 300 g/mol. The number of aromatic nitrogens is 1. The predicted molar refractivity (Wildman–Crippen MR) is 81.7 cm³/mol. The van der Waals surface area contributed by atoms with E-state index in [1.165, 1.54) is 6.20 Å². The third kappa shape index (κ3) is 7.58. The van der Waals surface area contributed by atoms with Gasteiger partial charge in [-0.05, 0) is 32.4 Å². The molecule has 0 aromatic carbocycles. The summed E-state index contributed by atoms with van der Waals surface area (Å²) in [7, 11) is 0. The Hall–Kier alpha value is -1.82. The smallest absolute Gasteiger partial charge is 0.224 e. The summed E-state index contributed by atoms with van der Waals surface area (Å²) in [6.45, 7) is 3.80. The van der Waals surface area contributed by atoms with E-state index in [2.05, 4.69) is 15.6 Å². The van der Waals surface area contributed by atoms with Gasteiger partial charge in [-0.3, -0.25) is 9.59 Å². The first-order valence-corrected chi connectivity index (χ1v) is 6.28. The summed E-state index contributed by atoms with van der Waals surface area (Å²) in [5.41, 5.74) is 6.05. The molecule has 0 aliphatic carbocycles. The SMILES string of the molecule is CC(C)NC(=O)CCCC(=O)Nc1ccc(N)nc1.Cl. The van der Waals surface area contributed by atoms with E-state index in [0.29, 0.717) is 30.8 Å². The summed E-state index contributed by atoms with van der Waals surface area (Å²) in [6, 6.07) is 3.43. The van der Waals surface area contributed by atoms with Crippen LogP contribution in [0.4, 0.5) is 11.5 Å². The Bertz CT molecular complexity index is 435. The molecule has 0 spiro atoms. The van der Waals surface area contributed by atoms with Crippen molar-refractivity contribution in [1.82, 2.24) is 10.3 Å². The van der Waals surface area contributed by atoms with Crippen LogP contribution in [0.5, 0.6) is 0 Å². The molecule has 0 fully saturated rings. The summed E-state index contributed by atoms with van der Waals surface area (Å²) >= 11 is 0. The van der Waals surface area contributed by atoms with Crippen LogP contribution in [-0.4, -0.2) is 22.8 Å². The van der Waals surface area contributed by atoms with Gasteiger partial charge in [0.25, 0.3) is 0 Å². The molecule has 0 saturated heterocycles. The van der Waals surface area contributed by atoms with Gasteiger partial charge in [-0.15, -0.1) is 12.4 Å². The Kier molecular flexibility index (Phi) is 8.31. The third-order valence-electron chi connectivity index (χ3n) is 2.33. The Morgan fingerprint density at radius 2 is 1.90 bits per heavy atom. The van der Waals surface area contributed by atoms with Crippen LogP contribution in [-0.2, 0) is 9.59 Å². The molecule has 0 saturated carbocycles. The van der Waals surface area contributed by atoms with Gasteiger partial charge in [-0.1, -0.05) is 0 Å². The van der Waals surface area contributed by atoms with Crippen molar-refractivity contribution >= 4 is 35.7 Å². The second kappa shape index (κ2) is 9.14. The molecule has 7 heteroatoms. The number of nitrogens with one attached hydrogen (secondary N) is 2. The molecule has 1 rings (SSSR count). The first kappa shape index (κ1) is 18.2. The number of hydrogen-bond acceptors (Lipinski definition) is 4. The van der Waals surface area contributed by atoms with Gasteiger partial charge < -0.3 is 16.4 Å². The molecular formula is C13H21ClN4O2. The fourth-order valence-corrected chi connectivity index (χ4v) is 1.51. The fraction of sp³-hybridized carbons (Fsp3) is 0.462. The number of pyridine rings is 1. The van der Waals surface area contributed by atoms with E-state index < -0.39 is 0 Å². The normalized spacial score (nSPS) is 9.75. The average Bonchev–Trinajstić information content (AvgIpc) is 2.31. The van der Waals surface area contributed by atoms with Gasteiger partial charge >= 0.3 is 0 Å². The van der Waals surface area contributed by atoms with Crippen molar-refractivity contribution in [1.29, 1.82) is 0 Å². The van der Waals surface area contributed by atoms with Gasteiger partial charge in [0, 0.05) is 18.9 Å². The molecule has 0 bridgehead atoms. The Balaban J connectivity index is 0.00000361. The Morgan fingerprint density at radius 1 is 1.25 bits per heavy atom. The van der Waals surface area contributed by atoms with Crippen molar-refractivity contribution in [2.75, 3.05) is 11.1 Å². The lowest BCUT2D eigenvalue weighted by molar-refractivity contribution is -0.121. The van der Waals surface area contributed by atoms with Crippen molar-refractivity contribution in [2.24, 2.45) is 0 Å². The van der Waals surface area contributed by atoms with Crippen LogP contribution in [0.1, 0.15) is 33.1 Å². The molecule has 0 aliphatic heterocycles. The van der Waals surface area contributed by atoms with Crippen molar-refractivity contribution in [3.63, 3.8) is 0 Å². The van der Waals surface area contributed by atoms with E-state index in [4.69, 9.17) is 5.73 Å². The lowest BCUT2D eigenvalue weighted by atomic mass is 10.2. The van der Waals surface area contributed by atoms with E-state index >= 15 is 0 Å². The highest BCUT2D eigenvalue weighted by molar-refractivity contribution is 5.90. The number of rotatable bonds is 6. The maximum absolute atomic E-state index is 11.6. The van der Waals surface area contributed by atoms with E-state index in [0.717, 1.165) is 0 Å². The zero-order valence-corrected chi connectivity index (χ0v) is 12.5. The minimum Gasteiger partial charge on any atom is -0.384 e. The quantitative estimate of drug-likeness (QED) is 0.745. The summed E-state index contributed by atoms with van der Waals surface area (Å²) in [5.74, 6) is 0.240. The van der Waals surface area contributed by atoms with Crippen LogP contribution in [0.2, 0.25) is 0 Å². The maximum Gasteiger partial charge on any atom is 0.224 e. The number of hydrogen-bond donors (Lipinski definition) is 3. The van der Waals surface area contributed by atoms with Gasteiger partial charge in [0.05, 0.1) is 11.9 Å². The predicted octanol–water partition coefficient (Wildman–Crippen LogP) is 1.72. The highest BCUT2D eigenvalue weighted by Crippen LogP contribution is 2.08. The van der Waals surface area contributed by atoms with Gasteiger partial charge in [-0.2, -0.15) is 0 Å². The van der Waals surface area contributed by atoms with Crippen molar-refractivity contribution in [3.8, 4) is 0 Å². The lowest BCUT2D eigenvalue weighted by Crippen LogP contribution is -2.30. The third-order valence-corrected chi connectivity index (χ3v) is 2.33. The van der Waals surface area contributed by atoms with E-state index in [9.17, 15) is 9.59 Å². The maximum atomic E-state index is 11.6. The molecule has 0 atom stereocenters. The Labute approximate surface area is 124 Å². The number of anilines is 2. The molecule has 112 valence electrons. The van der Waals surface area contributed by atoms with Crippen LogP contribution in [0.25, 0.3) is 0 Å². The summed E-state index contributed by atoms with van der Waals surface area (Å²) in [4.78, 5) is 26.8. The number of nitrogens with zero attached hydrogens (tertiary/aromatic N) is 1. The molecule has 1 aromatic rings. The number of carbonyl (C=O) groups excluding carboxylic acids is 2. The van der Waals surface area contributed by atoms with Crippen LogP contribution < -0.4 is 16.4 Å². The summed E-state index contributed by atoms with van der Waals surface area (Å²) in [6.07, 6.45) is 2.67. The minimum atomic E-state index is -0.135. The average molecular weight is 301 g/mol. The number of amides is 2. The molecule has 6 nitrogen and oxygen atoms in total. The molecule has 1 heterocycles. The second-order valence-electron chi connectivity index (χ2n) is 4.60. The number of carbonyl (C=O) groups is 2. The second-order valence-corrected chi connectivity index (χ2v) is 4.60. The molecule has 1 aromatic heterocycles. The molecule has 0 unspecified atom stereocenters. The molecular weight excluding hydrogens is 280 g/mol. The fourth-order valence-electron chi connectivity index (χ4n) is 1.51. The largest absolute Gasteiger partial charge is 0.384 e. The topological polar surface area (TPSA) is 97.1 Å². The zero-order valence-electron chi connectivity index (χ0n) is 11.7. The summed E-state index contributed by atoms with van der Waals surface area (Å²) < 4.78 is 0. The molecule has 0 radical (unpaired) electrons. The standard InChI is InChI=1S/C13H20N4O2.ClH/c1-9(2)16-12(18)4-3-5-13(19)17-10-6-7-11(14)15-8-10;/h6-9H,3-5H2,1-2H3,(H2,14,15)(H,16,18)(H,17,19);1H. The van der Waals surface area contributed by atoms with Gasteiger partial charge in [0.2, 0.25) is 11.8 Å². The van der Waals surface area contributed by atoms with Crippen molar-refractivity contribution in [2.45, 2.75) is 39.2 Å². The number of nitrogen functional groups attached to an aromatic ring is 1. The molecule has 4 N–H and O–H groups in total. The first-order chi connectivity index (χ1) is 8.97.